The van der Waals surface area contributed by atoms with E-state index in [-0.39, 0.29) is 12.5 Å². The minimum atomic E-state index is -3.76. The molecule has 1 aliphatic carbocycles. The molecule has 1 aliphatic rings. The van der Waals surface area contributed by atoms with E-state index in [0.29, 0.717) is 24.8 Å². The molecule has 1 saturated carbocycles. The molecule has 1 amide bonds. The van der Waals surface area contributed by atoms with E-state index in [2.05, 4.69) is 39.2 Å². The number of phosphoric ester groups is 1. The molecule has 2 N–H and O–H groups in total. The number of aromatic nitrogens is 2. The second-order valence-corrected chi connectivity index (χ2v) is 16.1. The first-order valence-corrected chi connectivity index (χ1v) is 18.4. The summed E-state index contributed by atoms with van der Waals surface area (Å²) in [6, 6.07) is 14.3. The van der Waals surface area contributed by atoms with Crippen LogP contribution in [-0.2, 0) is 18.1 Å². The van der Waals surface area contributed by atoms with Crippen molar-refractivity contribution in [1.82, 2.24) is 20.2 Å². The predicted octanol–water partition coefficient (Wildman–Crippen LogP) is 8.43. The number of hydrogen-bond donors (Lipinski definition) is 2. The molecule has 0 atom stereocenters. The summed E-state index contributed by atoms with van der Waals surface area (Å²) >= 11 is 0. The van der Waals surface area contributed by atoms with Crippen molar-refractivity contribution in [1.29, 1.82) is 0 Å². The molecule has 10 nitrogen and oxygen atoms in total. The number of aromatic amines is 1. The molecular formula is C37H51N4O6P. The first kappa shape index (κ1) is 36.0. The maximum atomic E-state index is 13.4. The number of carbonyl (C=O) groups excluding carboxylic acids is 1. The number of H-pyrrole nitrogens is 1. The smallest absolute Gasteiger partial charge is 0.475 e. The fourth-order valence-electron chi connectivity index (χ4n) is 5.57. The monoisotopic (exact) mass is 678 g/mol. The van der Waals surface area contributed by atoms with Gasteiger partial charge in [-0.05, 0) is 121 Å². The number of rotatable bonds is 15. The Morgan fingerprint density at radius 3 is 2.42 bits per heavy atom. The second-order valence-electron chi connectivity index (χ2n) is 14.5. The lowest BCUT2D eigenvalue weighted by atomic mass is 9.97. The van der Waals surface area contributed by atoms with Gasteiger partial charge in [-0.3, -0.25) is 18.4 Å². The Labute approximate surface area is 284 Å². The molecule has 11 heteroatoms. The van der Waals surface area contributed by atoms with Crippen molar-refractivity contribution in [2.45, 2.75) is 91.9 Å². The number of ether oxygens (including phenoxy) is 1. The minimum Gasteiger partial charge on any atom is -0.491 e. The van der Waals surface area contributed by atoms with Crippen LogP contribution in [0.4, 0.5) is 0 Å². The quantitative estimate of drug-likeness (QED) is 0.0951. The Hall–Kier alpha value is -3.27. The molecule has 2 aromatic heterocycles. The van der Waals surface area contributed by atoms with Crippen LogP contribution in [0.15, 0.2) is 48.7 Å². The third-order valence-corrected chi connectivity index (χ3v) is 9.85. The van der Waals surface area contributed by atoms with Gasteiger partial charge in [-0.2, -0.15) is 0 Å². The Morgan fingerprint density at radius 1 is 1.02 bits per heavy atom. The van der Waals surface area contributed by atoms with E-state index in [1.807, 2.05) is 85.0 Å². The number of benzene rings is 2. The molecule has 48 heavy (non-hydrogen) atoms. The molecule has 2 heterocycles. The Morgan fingerprint density at radius 2 is 1.75 bits per heavy atom. The molecule has 0 saturated heterocycles. The third-order valence-electron chi connectivity index (χ3n) is 7.80. The van der Waals surface area contributed by atoms with Crippen LogP contribution in [-0.4, -0.2) is 70.9 Å². The number of pyridine rings is 1. The highest BCUT2D eigenvalue weighted by Gasteiger charge is 2.37. The van der Waals surface area contributed by atoms with Gasteiger partial charge >= 0.3 is 7.82 Å². The lowest BCUT2D eigenvalue weighted by molar-refractivity contribution is 0.00104. The minimum absolute atomic E-state index is 0.0369. The van der Waals surface area contributed by atoms with Gasteiger partial charge in [0.05, 0.1) is 29.9 Å². The second kappa shape index (κ2) is 14.7. The number of likely N-dealkylation sites (N-methyl/N-ethyl adjacent to an activating group) is 1. The Balaban J connectivity index is 1.27. The fraction of sp³-hybridized carbons (Fsp3) is 0.514. The first-order chi connectivity index (χ1) is 22.6. The van der Waals surface area contributed by atoms with Crippen molar-refractivity contribution in [3.8, 4) is 16.9 Å². The SMILES string of the molecule is CCN(CCCOc1ccc(-c2cccc(C(=O)NC3CC3)c2)c2c1[nH]c1ncc(C)cc12)CCOP(=O)(OC(C)(C)C)OC(C)(C)C. The van der Waals surface area contributed by atoms with Gasteiger partial charge in [-0.25, -0.2) is 9.55 Å². The summed E-state index contributed by atoms with van der Waals surface area (Å²) in [5, 5.41) is 5.12. The number of carbonyl (C=O) groups is 1. The summed E-state index contributed by atoms with van der Waals surface area (Å²) in [4.78, 5) is 23.2. The number of nitrogens with one attached hydrogen (secondary N) is 2. The lowest BCUT2D eigenvalue weighted by Crippen LogP contribution is -2.30. The zero-order valence-corrected chi connectivity index (χ0v) is 30.5. The molecule has 260 valence electrons. The third kappa shape index (κ3) is 9.67. The van der Waals surface area contributed by atoms with E-state index in [1.165, 1.54) is 0 Å². The van der Waals surface area contributed by atoms with Crippen LogP contribution in [0.3, 0.4) is 0 Å². The highest BCUT2D eigenvalue weighted by molar-refractivity contribution is 7.48. The number of fused-ring (bicyclic) bond motifs is 3. The van der Waals surface area contributed by atoms with Crippen LogP contribution < -0.4 is 10.1 Å². The Kier molecular flexibility index (Phi) is 11.0. The van der Waals surface area contributed by atoms with Gasteiger partial charge in [0.2, 0.25) is 0 Å². The van der Waals surface area contributed by atoms with Crippen molar-refractivity contribution in [3.05, 3.63) is 59.8 Å². The summed E-state index contributed by atoms with van der Waals surface area (Å²) in [5.41, 5.74) is 4.00. The zero-order chi connectivity index (χ0) is 34.7. The van der Waals surface area contributed by atoms with Gasteiger partial charge in [0, 0.05) is 41.7 Å². The van der Waals surface area contributed by atoms with Crippen molar-refractivity contribution in [2.24, 2.45) is 0 Å². The number of phosphoric acid groups is 1. The molecule has 4 aromatic rings. The van der Waals surface area contributed by atoms with Gasteiger partial charge in [0.25, 0.3) is 5.91 Å². The summed E-state index contributed by atoms with van der Waals surface area (Å²) in [6.45, 7) is 18.0. The van der Waals surface area contributed by atoms with Crippen molar-refractivity contribution >= 4 is 35.7 Å². The van der Waals surface area contributed by atoms with Crippen LogP contribution in [0.5, 0.6) is 5.75 Å². The van der Waals surface area contributed by atoms with E-state index in [0.717, 1.165) is 76.7 Å². The fourth-order valence-corrected chi connectivity index (χ4v) is 7.36. The van der Waals surface area contributed by atoms with Crippen LogP contribution >= 0.6 is 7.82 Å². The molecule has 1 fully saturated rings. The summed E-state index contributed by atoms with van der Waals surface area (Å²) in [7, 11) is -3.76. The van der Waals surface area contributed by atoms with Gasteiger partial charge in [0.15, 0.2) is 0 Å². The number of nitrogens with zero attached hydrogens (tertiary/aromatic N) is 2. The molecule has 5 rings (SSSR count). The zero-order valence-electron chi connectivity index (χ0n) is 29.6. The highest BCUT2D eigenvalue weighted by atomic mass is 31.2. The van der Waals surface area contributed by atoms with Gasteiger partial charge in [0.1, 0.15) is 11.4 Å². The van der Waals surface area contributed by atoms with E-state index < -0.39 is 19.0 Å². The molecule has 0 aliphatic heterocycles. The number of aryl methyl sites for hydroxylation is 1. The summed E-state index contributed by atoms with van der Waals surface area (Å²) < 4.78 is 37.0. The molecule has 0 spiro atoms. The molecule has 0 radical (unpaired) electrons. The molecule has 2 aromatic carbocycles. The Bertz CT molecular complexity index is 1770. The number of amides is 1. The predicted molar refractivity (Wildman–Crippen MR) is 192 cm³/mol. The van der Waals surface area contributed by atoms with Gasteiger partial charge in [-0.15, -0.1) is 0 Å². The maximum Gasteiger partial charge on any atom is 0.475 e. The van der Waals surface area contributed by atoms with E-state index in [9.17, 15) is 9.36 Å². The van der Waals surface area contributed by atoms with E-state index in [1.54, 1.807) is 0 Å². The van der Waals surface area contributed by atoms with Crippen LogP contribution in [0, 0.1) is 6.92 Å². The van der Waals surface area contributed by atoms with Crippen LogP contribution in [0.2, 0.25) is 0 Å². The number of hydrogen-bond acceptors (Lipinski definition) is 8. The summed E-state index contributed by atoms with van der Waals surface area (Å²) in [6.07, 6.45) is 4.72. The van der Waals surface area contributed by atoms with Gasteiger partial charge in [-0.1, -0.05) is 19.1 Å². The normalized spacial score (nSPS) is 14.3. The van der Waals surface area contributed by atoms with E-state index >= 15 is 0 Å². The van der Waals surface area contributed by atoms with Crippen molar-refractivity contribution < 1.29 is 27.7 Å². The maximum absolute atomic E-state index is 13.4. The topological polar surface area (TPSA) is 115 Å². The largest absolute Gasteiger partial charge is 0.491 e. The van der Waals surface area contributed by atoms with E-state index in [4.69, 9.17) is 18.3 Å². The van der Waals surface area contributed by atoms with Crippen molar-refractivity contribution in [3.63, 3.8) is 0 Å². The molecule has 0 unspecified atom stereocenters. The highest BCUT2D eigenvalue weighted by Crippen LogP contribution is 2.55. The average Bonchev–Trinajstić information content (AvgIpc) is 3.73. The van der Waals surface area contributed by atoms with Gasteiger partial charge < -0.3 is 19.9 Å². The average molecular weight is 679 g/mol. The first-order valence-electron chi connectivity index (χ1n) is 17.0. The lowest BCUT2D eigenvalue weighted by Gasteiger charge is -2.31. The standard InChI is InChI=1S/C37H51N4O6P/c1-9-41(19-21-45-48(43,46-36(3,4)5)47-37(6,7)8)18-11-20-44-31-17-16-29(32-30-22-25(2)24-38-34(30)40-33(31)32)26-12-10-13-27(23-26)35(42)39-28-14-15-28/h10,12-13,16-17,22-24,28H,9,11,14-15,18-21H2,1-8H3,(H,38,40)(H,39,42). The molecule has 0 bridgehead atoms. The summed E-state index contributed by atoms with van der Waals surface area (Å²) in [5.74, 6) is 0.711. The van der Waals surface area contributed by atoms with Crippen LogP contribution in [0.25, 0.3) is 33.1 Å². The van der Waals surface area contributed by atoms with Crippen LogP contribution in [0.1, 0.15) is 83.7 Å². The van der Waals surface area contributed by atoms with Crippen molar-refractivity contribution in [2.75, 3.05) is 32.8 Å². The molecular weight excluding hydrogens is 627 g/mol.